The fourth-order valence-electron chi connectivity index (χ4n) is 3.38. The van der Waals surface area contributed by atoms with Gasteiger partial charge in [-0.25, -0.2) is 4.98 Å². The molecule has 4 rings (SSSR count). The number of hydrogen-bond acceptors (Lipinski definition) is 8. The van der Waals surface area contributed by atoms with Crippen molar-refractivity contribution in [1.29, 1.82) is 0 Å². The van der Waals surface area contributed by atoms with Crippen molar-refractivity contribution < 1.29 is 19.0 Å². The number of aryl methyl sites for hydroxylation is 2. The van der Waals surface area contributed by atoms with E-state index in [0.29, 0.717) is 18.2 Å². The molecule has 8 heteroatoms. The molecule has 0 amide bonds. The molecule has 0 bridgehead atoms. The number of carbonyl (C=O) groups is 1. The molecule has 0 saturated carbocycles. The highest BCUT2D eigenvalue weighted by Crippen LogP contribution is 2.36. The van der Waals surface area contributed by atoms with Crippen molar-refractivity contribution in [3.63, 3.8) is 0 Å². The smallest absolute Gasteiger partial charge is 0.309 e. The average molecular weight is 428 g/mol. The van der Waals surface area contributed by atoms with Gasteiger partial charge in [-0.3, -0.25) is 9.69 Å². The largest absolute Gasteiger partial charge is 0.469 e. The van der Waals surface area contributed by atoms with Gasteiger partial charge in [0.05, 0.1) is 38.7 Å². The lowest BCUT2D eigenvalue weighted by Crippen LogP contribution is -2.36. The molecule has 3 aromatic rings. The van der Waals surface area contributed by atoms with E-state index in [0.717, 1.165) is 53.5 Å². The van der Waals surface area contributed by atoms with Crippen molar-refractivity contribution in [2.45, 2.75) is 26.8 Å². The molecule has 0 unspecified atom stereocenters. The normalized spacial score (nSPS) is 14.8. The van der Waals surface area contributed by atoms with Crippen molar-refractivity contribution in [2.24, 2.45) is 0 Å². The monoisotopic (exact) mass is 427 g/mol. The van der Waals surface area contributed by atoms with E-state index in [-0.39, 0.29) is 12.4 Å². The van der Waals surface area contributed by atoms with Crippen molar-refractivity contribution in [1.82, 2.24) is 14.9 Å². The van der Waals surface area contributed by atoms with Gasteiger partial charge in [-0.1, -0.05) is 12.1 Å². The molecule has 158 valence electrons. The summed E-state index contributed by atoms with van der Waals surface area (Å²) in [6.07, 6.45) is 0.237. The van der Waals surface area contributed by atoms with Gasteiger partial charge in [0.15, 0.2) is 0 Å². The zero-order valence-corrected chi connectivity index (χ0v) is 18.3. The topological polar surface area (TPSA) is 73.8 Å². The quantitative estimate of drug-likeness (QED) is 0.556. The van der Waals surface area contributed by atoms with Crippen LogP contribution >= 0.6 is 11.3 Å². The zero-order chi connectivity index (χ0) is 21.1. The Morgan fingerprint density at radius 3 is 2.60 bits per heavy atom. The molecule has 1 aromatic carbocycles. The molecule has 2 aromatic heterocycles. The Morgan fingerprint density at radius 1 is 1.17 bits per heavy atom. The van der Waals surface area contributed by atoms with Crippen LogP contribution in [0.1, 0.15) is 21.8 Å². The molecule has 30 heavy (non-hydrogen) atoms. The van der Waals surface area contributed by atoms with E-state index in [2.05, 4.69) is 18.7 Å². The first-order chi connectivity index (χ1) is 14.5. The summed E-state index contributed by atoms with van der Waals surface area (Å²) in [6.45, 7) is 8.06. The number of hydrogen-bond donors (Lipinski definition) is 0. The summed E-state index contributed by atoms with van der Waals surface area (Å²) in [5, 5.41) is 0.960. The van der Waals surface area contributed by atoms with E-state index < -0.39 is 0 Å². The second-order valence-corrected chi connectivity index (χ2v) is 8.50. The van der Waals surface area contributed by atoms with Gasteiger partial charge in [-0.15, -0.1) is 11.3 Å². The van der Waals surface area contributed by atoms with E-state index in [9.17, 15) is 4.79 Å². The van der Waals surface area contributed by atoms with Gasteiger partial charge in [-0.2, -0.15) is 4.98 Å². The Labute approximate surface area is 179 Å². The lowest BCUT2D eigenvalue weighted by Gasteiger charge is -2.25. The summed E-state index contributed by atoms with van der Waals surface area (Å²) in [4.78, 5) is 25.5. The van der Waals surface area contributed by atoms with Crippen LogP contribution in [0.5, 0.6) is 11.6 Å². The Hall–Kier alpha value is -2.55. The molecule has 1 saturated heterocycles. The maximum absolute atomic E-state index is 11.5. The number of methoxy groups -OCH3 is 1. The molecule has 0 N–H and O–H groups in total. The van der Waals surface area contributed by atoms with Crippen LogP contribution in [0.25, 0.3) is 10.2 Å². The average Bonchev–Trinajstić information content (AvgIpc) is 3.04. The fraction of sp³-hybridized carbons (Fsp3) is 0.409. The van der Waals surface area contributed by atoms with Gasteiger partial charge in [0.25, 0.3) is 0 Å². The highest BCUT2D eigenvalue weighted by Gasteiger charge is 2.19. The summed E-state index contributed by atoms with van der Waals surface area (Å²) in [5.41, 5.74) is 2.02. The number of thiophene rings is 1. The molecule has 0 spiro atoms. The van der Waals surface area contributed by atoms with E-state index in [4.69, 9.17) is 24.2 Å². The SMILES string of the molecule is COC(=O)Cc1ccc(Oc2nc(CN3CCOCC3)nc3sc(C)c(C)c23)cc1. The van der Waals surface area contributed by atoms with E-state index in [1.165, 1.54) is 12.0 Å². The van der Waals surface area contributed by atoms with Crippen LogP contribution in [-0.4, -0.2) is 54.3 Å². The maximum Gasteiger partial charge on any atom is 0.309 e. The first kappa shape index (κ1) is 20.7. The maximum atomic E-state index is 11.5. The minimum atomic E-state index is -0.265. The van der Waals surface area contributed by atoms with E-state index >= 15 is 0 Å². The van der Waals surface area contributed by atoms with Gasteiger partial charge in [0.2, 0.25) is 5.88 Å². The number of carbonyl (C=O) groups excluding carboxylic acids is 1. The predicted molar refractivity (Wildman–Crippen MR) is 115 cm³/mol. The second kappa shape index (κ2) is 9.07. The lowest BCUT2D eigenvalue weighted by molar-refractivity contribution is -0.139. The molecule has 1 fully saturated rings. The standard InChI is InChI=1S/C22H25N3O4S/c1-14-15(2)30-22-20(14)21(23-18(24-22)13-25-8-10-28-11-9-25)29-17-6-4-16(5-7-17)12-19(26)27-3/h4-7H,8-13H2,1-3H3. The lowest BCUT2D eigenvalue weighted by atomic mass is 10.1. The third-order valence-corrected chi connectivity index (χ3v) is 6.33. The van der Waals surface area contributed by atoms with Crippen LogP contribution in [0.2, 0.25) is 0 Å². The van der Waals surface area contributed by atoms with Crippen LogP contribution in [-0.2, 0) is 27.2 Å². The second-order valence-electron chi connectivity index (χ2n) is 7.30. The van der Waals surface area contributed by atoms with Crippen molar-refractivity contribution in [2.75, 3.05) is 33.4 Å². The summed E-state index contributed by atoms with van der Waals surface area (Å²) in [6, 6.07) is 7.43. The van der Waals surface area contributed by atoms with Crippen molar-refractivity contribution in [3.05, 3.63) is 46.1 Å². The highest BCUT2D eigenvalue weighted by molar-refractivity contribution is 7.18. The summed E-state index contributed by atoms with van der Waals surface area (Å²) in [7, 11) is 1.39. The number of nitrogens with zero attached hydrogens (tertiary/aromatic N) is 3. The number of benzene rings is 1. The number of aromatic nitrogens is 2. The van der Waals surface area contributed by atoms with Gasteiger partial charge in [0, 0.05) is 18.0 Å². The number of rotatable bonds is 6. The Kier molecular flexibility index (Phi) is 6.26. The third-order valence-electron chi connectivity index (χ3n) is 5.22. The van der Waals surface area contributed by atoms with Gasteiger partial charge < -0.3 is 14.2 Å². The van der Waals surface area contributed by atoms with Crippen LogP contribution in [0.3, 0.4) is 0 Å². The Bertz CT molecular complexity index is 1040. The Balaban J connectivity index is 1.62. The number of morpholine rings is 1. The van der Waals surface area contributed by atoms with Gasteiger partial charge >= 0.3 is 5.97 Å². The van der Waals surface area contributed by atoms with Crippen LogP contribution in [0.4, 0.5) is 0 Å². The fourth-order valence-corrected chi connectivity index (χ4v) is 4.42. The minimum absolute atomic E-state index is 0.237. The molecular formula is C22H25N3O4S. The third kappa shape index (κ3) is 4.61. The number of ether oxygens (including phenoxy) is 3. The van der Waals surface area contributed by atoms with Gasteiger partial charge in [0.1, 0.15) is 16.4 Å². The summed E-state index contributed by atoms with van der Waals surface area (Å²) < 4.78 is 16.4. The van der Waals surface area contributed by atoms with E-state index in [1.54, 1.807) is 11.3 Å². The first-order valence-electron chi connectivity index (χ1n) is 9.94. The van der Waals surface area contributed by atoms with E-state index in [1.807, 2.05) is 24.3 Å². The van der Waals surface area contributed by atoms with Crippen LogP contribution in [0.15, 0.2) is 24.3 Å². The zero-order valence-electron chi connectivity index (χ0n) is 17.4. The molecule has 0 atom stereocenters. The van der Waals surface area contributed by atoms with Crippen LogP contribution < -0.4 is 4.74 Å². The molecule has 3 heterocycles. The molecule has 0 aliphatic carbocycles. The molecule has 7 nitrogen and oxygen atoms in total. The molecular weight excluding hydrogens is 402 g/mol. The number of esters is 1. The van der Waals surface area contributed by atoms with Gasteiger partial charge in [-0.05, 0) is 37.1 Å². The van der Waals surface area contributed by atoms with Crippen LogP contribution in [0, 0.1) is 13.8 Å². The van der Waals surface area contributed by atoms with Crippen molar-refractivity contribution >= 4 is 27.5 Å². The summed E-state index contributed by atoms with van der Waals surface area (Å²) >= 11 is 1.67. The first-order valence-corrected chi connectivity index (χ1v) is 10.8. The molecule has 1 aliphatic heterocycles. The minimum Gasteiger partial charge on any atom is -0.469 e. The van der Waals surface area contributed by atoms with Crippen molar-refractivity contribution in [3.8, 4) is 11.6 Å². The highest BCUT2D eigenvalue weighted by atomic mass is 32.1. The number of fused-ring (bicyclic) bond motifs is 1. The predicted octanol–water partition coefficient (Wildman–Crippen LogP) is 3.65. The molecule has 0 radical (unpaired) electrons. The molecule has 1 aliphatic rings. The Morgan fingerprint density at radius 2 is 1.90 bits per heavy atom. The summed E-state index contributed by atoms with van der Waals surface area (Å²) in [5.74, 6) is 1.73.